The molecule has 4 nitrogen and oxygen atoms in total. The maximum Gasteiger partial charge on any atom is 0.329 e. The Kier molecular flexibility index (Phi) is 3.27. The number of aryl methyl sites for hydroxylation is 1. The van der Waals surface area contributed by atoms with Crippen molar-refractivity contribution in [2.24, 2.45) is 5.84 Å². The number of carbonyl (C=O) groups is 1. The summed E-state index contributed by atoms with van der Waals surface area (Å²) in [5.74, 6) is 4.94. The Morgan fingerprint density at radius 2 is 2.31 bits per heavy atom. The second-order valence-electron chi connectivity index (χ2n) is 2.79. The lowest BCUT2D eigenvalue weighted by Crippen LogP contribution is -2.40. The molecule has 0 aliphatic carbocycles. The van der Waals surface area contributed by atoms with Crippen molar-refractivity contribution in [3.05, 3.63) is 21.9 Å². The predicted octanol–water partition coefficient (Wildman–Crippen LogP) is 1.29. The van der Waals surface area contributed by atoms with Crippen LogP contribution in [0, 0.1) is 6.92 Å². The summed E-state index contributed by atoms with van der Waals surface area (Å²) in [5, 5.41) is 2.69. The average Bonchev–Trinajstić information content (AvgIpc) is 2.51. The second-order valence-corrected chi connectivity index (χ2v) is 4.11. The van der Waals surface area contributed by atoms with E-state index in [2.05, 4.69) is 5.32 Å². The number of thiophene rings is 1. The van der Waals surface area contributed by atoms with E-state index in [1.807, 2.05) is 31.4 Å². The lowest BCUT2D eigenvalue weighted by molar-refractivity contribution is 0.238. The summed E-state index contributed by atoms with van der Waals surface area (Å²) in [7, 11) is 0. The SMILES string of the molecule is Cc1ccc(C(C)NC(=O)NN)s1. The lowest BCUT2D eigenvalue weighted by atomic mass is 10.3. The summed E-state index contributed by atoms with van der Waals surface area (Å²) in [5.41, 5.74) is 2.03. The van der Waals surface area contributed by atoms with Crippen LogP contribution in [-0.2, 0) is 0 Å². The van der Waals surface area contributed by atoms with Gasteiger partial charge in [0.15, 0.2) is 0 Å². The molecule has 0 aliphatic heterocycles. The summed E-state index contributed by atoms with van der Waals surface area (Å²) in [6.07, 6.45) is 0. The molecule has 72 valence electrons. The summed E-state index contributed by atoms with van der Waals surface area (Å²) in [6.45, 7) is 3.95. The molecule has 0 saturated heterocycles. The number of rotatable bonds is 2. The van der Waals surface area contributed by atoms with Crippen LogP contribution in [0.25, 0.3) is 0 Å². The number of nitrogens with one attached hydrogen (secondary N) is 2. The minimum atomic E-state index is -0.362. The van der Waals surface area contributed by atoms with Crippen LogP contribution in [0.3, 0.4) is 0 Å². The van der Waals surface area contributed by atoms with E-state index < -0.39 is 0 Å². The molecule has 2 amide bonds. The van der Waals surface area contributed by atoms with E-state index in [9.17, 15) is 4.79 Å². The smallest absolute Gasteiger partial charge is 0.329 e. The predicted molar refractivity (Wildman–Crippen MR) is 53.3 cm³/mol. The van der Waals surface area contributed by atoms with Crippen molar-refractivity contribution in [2.75, 3.05) is 0 Å². The van der Waals surface area contributed by atoms with Crippen molar-refractivity contribution < 1.29 is 4.79 Å². The maximum atomic E-state index is 10.9. The van der Waals surface area contributed by atoms with Crippen molar-refractivity contribution in [3.8, 4) is 0 Å². The normalized spacial score (nSPS) is 12.2. The molecular formula is C8H13N3OS. The molecule has 1 aromatic rings. The molecule has 1 rings (SSSR count). The first-order valence-electron chi connectivity index (χ1n) is 3.97. The number of hydrogen-bond acceptors (Lipinski definition) is 3. The van der Waals surface area contributed by atoms with Crippen LogP contribution < -0.4 is 16.6 Å². The van der Waals surface area contributed by atoms with Crippen LogP contribution in [0.2, 0.25) is 0 Å². The van der Waals surface area contributed by atoms with Crippen molar-refractivity contribution >= 4 is 17.4 Å². The first-order chi connectivity index (χ1) is 6.13. The summed E-state index contributed by atoms with van der Waals surface area (Å²) >= 11 is 1.66. The third kappa shape index (κ3) is 2.71. The van der Waals surface area contributed by atoms with Crippen LogP contribution in [0.1, 0.15) is 22.7 Å². The third-order valence-corrected chi connectivity index (χ3v) is 2.85. The first kappa shape index (κ1) is 10.0. The van der Waals surface area contributed by atoms with Gasteiger partial charge in [-0.05, 0) is 26.0 Å². The number of carbonyl (C=O) groups excluding carboxylic acids is 1. The highest BCUT2D eigenvalue weighted by Crippen LogP contribution is 2.21. The Labute approximate surface area is 81.1 Å². The van der Waals surface area contributed by atoms with Crippen LogP contribution in [-0.4, -0.2) is 6.03 Å². The molecule has 0 saturated carbocycles. The Hall–Kier alpha value is -1.07. The van der Waals surface area contributed by atoms with Gasteiger partial charge in [0, 0.05) is 9.75 Å². The number of amides is 2. The highest BCUT2D eigenvalue weighted by molar-refractivity contribution is 7.12. The van der Waals surface area contributed by atoms with Gasteiger partial charge in [-0.2, -0.15) is 0 Å². The van der Waals surface area contributed by atoms with E-state index >= 15 is 0 Å². The van der Waals surface area contributed by atoms with Gasteiger partial charge in [0.1, 0.15) is 0 Å². The maximum absolute atomic E-state index is 10.9. The van der Waals surface area contributed by atoms with Crippen molar-refractivity contribution in [2.45, 2.75) is 19.9 Å². The minimum absolute atomic E-state index is 0.00208. The van der Waals surface area contributed by atoms with Gasteiger partial charge >= 0.3 is 6.03 Å². The Morgan fingerprint density at radius 3 is 2.77 bits per heavy atom. The number of hydrazine groups is 1. The van der Waals surface area contributed by atoms with Crippen LogP contribution in [0.5, 0.6) is 0 Å². The number of hydrogen-bond donors (Lipinski definition) is 3. The molecule has 1 aromatic heterocycles. The molecule has 0 spiro atoms. The molecule has 1 atom stereocenters. The third-order valence-electron chi connectivity index (χ3n) is 1.67. The minimum Gasteiger partial charge on any atom is -0.330 e. The van der Waals surface area contributed by atoms with Gasteiger partial charge < -0.3 is 5.32 Å². The molecule has 13 heavy (non-hydrogen) atoms. The number of nitrogens with two attached hydrogens (primary N) is 1. The van der Waals surface area contributed by atoms with Crippen molar-refractivity contribution in [3.63, 3.8) is 0 Å². The molecule has 1 unspecified atom stereocenters. The quantitative estimate of drug-likeness (QED) is 0.382. The molecular weight excluding hydrogens is 186 g/mol. The second kappa shape index (κ2) is 4.25. The zero-order chi connectivity index (χ0) is 9.84. The summed E-state index contributed by atoms with van der Waals surface area (Å²) < 4.78 is 0. The van der Waals surface area contributed by atoms with Gasteiger partial charge in [-0.3, -0.25) is 5.43 Å². The van der Waals surface area contributed by atoms with E-state index in [4.69, 9.17) is 5.84 Å². The van der Waals surface area contributed by atoms with E-state index in [1.54, 1.807) is 11.3 Å². The van der Waals surface area contributed by atoms with Gasteiger partial charge in [0.25, 0.3) is 0 Å². The fourth-order valence-electron chi connectivity index (χ4n) is 0.996. The molecule has 1 heterocycles. The lowest BCUT2D eigenvalue weighted by Gasteiger charge is -2.10. The molecule has 0 aliphatic rings. The summed E-state index contributed by atoms with van der Waals surface area (Å²) in [4.78, 5) is 13.2. The van der Waals surface area contributed by atoms with Crippen molar-refractivity contribution in [1.29, 1.82) is 0 Å². The molecule has 5 heteroatoms. The first-order valence-corrected chi connectivity index (χ1v) is 4.78. The molecule has 0 bridgehead atoms. The highest BCUT2D eigenvalue weighted by atomic mass is 32.1. The average molecular weight is 199 g/mol. The van der Waals surface area contributed by atoms with Crippen LogP contribution >= 0.6 is 11.3 Å². The van der Waals surface area contributed by atoms with Gasteiger partial charge in [-0.15, -0.1) is 11.3 Å². The zero-order valence-corrected chi connectivity index (χ0v) is 8.44. The van der Waals surface area contributed by atoms with Gasteiger partial charge in [-0.1, -0.05) is 0 Å². The van der Waals surface area contributed by atoms with E-state index in [0.29, 0.717) is 0 Å². The largest absolute Gasteiger partial charge is 0.330 e. The zero-order valence-electron chi connectivity index (χ0n) is 7.63. The van der Waals surface area contributed by atoms with E-state index in [1.165, 1.54) is 4.88 Å². The van der Waals surface area contributed by atoms with E-state index in [-0.39, 0.29) is 12.1 Å². The molecule has 0 fully saturated rings. The fraction of sp³-hybridized carbons (Fsp3) is 0.375. The fourth-order valence-corrected chi connectivity index (χ4v) is 1.88. The van der Waals surface area contributed by atoms with Crippen molar-refractivity contribution in [1.82, 2.24) is 10.7 Å². The standard InChI is InChI=1S/C8H13N3OS/c1-5-3-4-7(13-5)6(2)10-8(12)11-9/h3-4,6H,9H2,1-2H3,(H2,10,11,12). The highest BCUT2D eigenvalue weighted by Gasteiger charge is 2.09. The van der Waals surface area contributed by atoms with Gasteiger partial charge in [-0.25, -0.2) is 10.6 Å². The van der Waals surface area contributed by atoms with Crippen LogP contribution in [0.15, 0.2) is 12.1 Å². The molecule has 4 N–H and O–H groups in total. The Balaban J connectivity index is 2.58. The molecule has 0 aromatic carbocycles. The van der Waals surface area contributed by atoms with Gasteiger partial charge in [0.05, 0.1) is 6.04 Å². The monoisotopic (exact) mass is 199 g/mol. The Morgan fingerprint density at radius 1 is 1.62 bits per heavy atom. The topological polar surface area (TPSA) is 67.2 Å². The number of urea groups is 1. The summed E-state index contributed by atoms with van der Waals surface area (Å²) in [6, 6.07) is 3.67. The molecule has 0 radical (unpaired) electrons. The van der Waals surface area contributed by atoms with Gasteiger partial charge in [0.2, 0.25) is 0 Å². The Bertz CT molecular complexity index is 297. The van der Waals surface area contributed by atoms with E-state index in [0.717, 1.165) is 4.88 Å². The van der Waals surface area contributed by atoms with Crippen LogP contribution in [0.4, 0.5) is 4.79 Å².